The van der Waals surface area contributed by atoms with Crippen LogP contribution in [0.15, 0.2) is 18.2 Å². The van der Waals surface area contributed by atoms with E-state index in [0.717, 1.165) is 18.4 Å². The fourth-order valence-electron chi connectivity index (χ4n) is 3.33. The number of rotatable bonds is 5. The fourth-order valence-corrected chi connectivity index (χ4v) is 3.60. The molecule has 0 radical (unpaired) electrons. The first-order chi connectivity index (χ1) is 13.6. The summed E-state index contributed by atoms with van der Waals surface area (Å²) in [5.74, 6) is 1.19. The number of carbonyl (C=O) groups is 2. The van der Waals surface area contributed by atoms with Gasteiger partial charge in [0, 0.05) is 38.3 Å². The average Bonchev–Trinajstić information content (AvgIpc) is 3.50. The van der Waals surface area contributed by atoms with E-state index in [0.29, 0.717) is 68.5 Å². The van der Waals surface area contributed by atoms with Crippen LogP contribution in [-0.2, 0) is 9.59 Å². The Labute approximate surface area is 169 Å². The van der Waals surface area contributed by atoms with Gasteiger partial charge < -0.3 is 19.7 Å². The van der Waals surface area contributed by atoms with Gasteiger partial charge in [-0.15, -0.1) is 0 Å². The van der Waals surface area contributed by atoms with E-state index in [1.54, 1.807) is 23.1 Å². The Morgan fingerprint density at radius 3 is 2.64 bits per heavy atom. The van der Waals surface area contributed by atoms with E-state index in [-0.39, 0.29) is 11.8 Å². The molecule has 0 aromatic heterocycles. The number of ether oxygens (including phenoxy) is 2. The third kappa shape index (κ3) is 4.77. The largest absolute Gasteiger partial charge is 0.486 e. The molecule has 0 spiro atoms. The number of nitrogens with one attached hydrogen (secondary N) is 1. The second-order valence-corrected chi connectivity index (χ2v) is 7.71. The molecular weight excluding hydrogens is 382 g/mol. The van der Waals surface area contributed by atoms with Crippen LogP contribution in [-0.4, -0.2) is 73.6 Å². The number of hydrogen-bond acceptors (Lipinski definition) is 5. The maximum Gasteiger partial charge on any atom is 0.246 e. The first kappa shape index (κ1) is 19.1. The summed E-state index contributed by atoms with van der Waals surface area (Å²) < 4.78 is 11.1. The molecule has 2 aliphatic heterocycles. The summed E-state index contributed by atoms with van der Waals surface area (Å²) in [6.45, 7) is 4.00. The molecule has 0 bridgehead atoms. The highest BCUT2D eigenvalue weighted by Crippen LogP contribution is 2.38. The summed E-state index contributed by atoms with van der Waals surface area (Å²) in [6, 6.07) is 3.96. The minimum Gasteiger partial charge on any atom is -0.486 e. The molecule has 2 amide bonds. The summed E-state index contributed by atoms with van der Waals surface area (Å²) in [5, 5.41) is 3.47. The Bertz CT molecular complexity index is 786. The van der Waals surface area contributed by atoms with Gasteiger partial charge in [-0.3, -0.25) is 14.5 Å². The van der Waals surface area contributed by atoms with Crippen molar-refractivity contribution in [1.82, 2.24) is 15.1 Å². The summed E-state index contributed by atoms with van der Waals surface area (Å²) in [7, 11) is 0. The van der Waals surface area contributed by atoms with Crippen molar-refractivity contribution in [1.29, 1.82) is 0 Å². The van der Waals surface area contributed by atoms with Gasteiger partial charge in [0.2, 0.25) is 11.8 Å². The molecule has 0 unspecified atom stereocenters. The molecule has 8 heteroatoms. The lowest BCUT2D eigenvalue weighted by molar-refractivity contribution is -0.128. The number of hydrogen-bond donors (Lipinski definition) is 1. The number of piperazine rings is 1. The molecule has 0 atom stereocenters. The maximum absolute atomic E-state index is 12.5. The number of nitrogens with zero attached hydrogens (tertiary/aromatic N) is 2. The highest BCUT2D eigenvalue weighted by atomic mass is 35.5. The molecule has 1 N–H and O–H groups in total. The molecule has 28 heavy (non-hydrogen) atoms. The minimum atomic E-state index is -0.0481. The summed E-state index contributed by atoms with van der Waals surface area (Å²) in [5.41, 5.74) is 0.790. The molecular formula is C20H24ClN3O4. The Kier molecular flexibility index (Phi) is 5.73. The normalized spacial score (nSPS) is 19.7. The van der Waals surface area contributed by atoms with Crippen LogP contribution in [0.3, 0.4) is 0 Å². The lowest BCUT2D eigenvalue weighted by Crippen LogP contribution is -2.51. The number of benzene rings is 1. The second kappa shape index (κ2) is 8.41. The third-order valence-electron chi connectivity index (χ3n) is 5.03. The van der Waals surface area contributed by atoms with Gasteiger partial charge in [-0.2, -0.15) is 0 Å². The maximum atomic E-state index is 12.5. The Morgan fingerprint density at radius 1 is 1.14 bits per heavy atom. The number of halogens is 1. The van der Waals surface area contributed by atoms with Crippen molar-refractivity contribution in [2.75, 3.05) is 45.9 Å². The van der Waals surface area contributed by atoms with Crippen molar-refractivity contribution in [3.63, 3.8) is 0 Å². The molecule has 150 valence electrons. The molecule has 1 saturated heterocycles. The van der Waals surface area contributed by atoms with Gasteiger partial charge in [-0.25, -0.2) is 0 Å². The van der Waals surface area contributed by atoms with Crippen LogP contribution in [0.5, 0.6) is 11.5 Å². The minimum absolute atomic E-state index is 0.0481. The molecule has 3 aliphatic rings. The van der Waals surface area contributed by atoms with E-state index in [4.69, 9.17) is 21.1 Å². The van der Waals surface area contributed by atoms with E-state index >= 15 is 0 Å². The predicted molar refractivity (Wildman–Crippen MR) is 106 cm³/mol. The van der Waals surface area contributed by atoms with Crippen LogP contribution in [0.4, 0.5) is 0 Å². The molecule has 2 heterocycles. The number of fused-ring (bicyclic) bond motifs is 1. The van der Waals surface area contributed by atoms with Crippen LogP contribution in [0.1, 0.15) is 18.4 Å². The highest BCUT2D eigenvalue weighted by molar-refractivity contribution is 6.32. The van der Waals surface area contributed by atoms with Crippen molar-refractivity contribution in [2.24, 2.45) is 0 Å². The standard InChI is InChI=1S/C20H24ClN3O4/c21-16-11-14(12-17-20(16)28-10-9-27-17)1-4-19(26)24-7-5-23(6-8-24)13-18(25)22-15-2-3-15/h1,4,11-12,15H,2-3,5-10,13H2,(H,22,25). The van der Waals surface area contributed by atoms with Gasteiger partial charge in [-0.1, -0.05) is 11.6 Å². The van der Waals surface area contributed by atoms with Crippen LogP contribution in [0.2, 0.25) is 5.02 Å². The summed E-state index contributed by atoms with van der Waals surface area (Å²) >= 11 is 6.23. The van der Waals surface area contributed by atoms with Crippen LogP contribution < -0.4 is 14.8 Å². The summed E-state index contributed by atoms with van der Waals surface area (Å²) in [4.78, 5) is 28.3. The topological polar surface area (TPSA) is 71.1 Å². The van der Waals surface area contributed by atoms with Gasteiger partial charge in [0.25, 0.3) is 0 Å². The van der Waals surface area contributed by atoms with Crippen molar-refractivity contribution >= 4 is 29.5 Å². The predicted octanol–water partition coefficient (Wildman–Crippen LogP) is 1.55. The quantitative estimate of drug-likeness (QED) is 0.752. The smallest absolute Gasteiger partial charge is 0.246 e. The highest BCUT2D eigenvalue weighted by Gasteiger charge is 2.26. The third-order valence-corrected chi connectivity index (χ3v) is 5.31. The molecule has 1 aliphatic carbocycles. The molecule has 1 aromatic rings. The van der Waals surface area contributed by atoms with E-state index in [9.17, 15) is 9.59 Å². The summed E-state index contributed by atoms with van der Waals surface area (Å²) in [6.07, 6.45) is 5.48. The Balaban J connectivity index is 1.28. The SMILES string of the molecule is O=C(CN1CCN(C(=O)C=Cc2cc(Cl)c3c(c2)OCCO3)CC1)NC1CC1. The second-order valence-electron chi connectivity index (χ2n) is 7.30. The number of carbonyl (C=O) groups excluding carboxylic acids is 2. The van der Waals surface area contributed by atoms with Gasteiger partial charge in [0.15, 0.2) is 11.5 Å². The zero-order chi connectivity index (χ0) is 19.5. The lowest BCUT2D eigenvalue weighted by atomic mass is 10.1. The van der Waals surface area contributed by atoms with Crippen molar-refractivity contribution < 1.29 is 19.1 Å². The molecule has 2 fully saturated rings. The van der Waals surface area contributed by atoms with Crippen molar-refractivity contribution in [2.45, 2.75) is 18.9 Å². The van der Waals surface area contributed by atoms with Crippen LogP contribution in [0.25, 0.3) is 6.08 Å². The zero-order valence-corrected chi connectivity index (χ0v) is 16.4. The van der Waals surface area contributed by atoms with Crippen LogP contribution >= 0.6 is 11.6 Å². The van der Waals surface area contributed by atoms with Gasteiger partial charge in [0.05, 0.1) is 11.6 Å². The van der Waals surface area contributed by atoms with E-state index in [2.05, 4.69) is 10.2 Å². The van der Waals surface area contributed by atoms with E-state index in [1.165, 1.54) is 0 Å². The first-order valence-corrected chi connectivity index (χ1v) is 10.0. The monoisotopic (exact) mass is 405 g/mol. The Morgan fingerprint density at radius 2 is 1.89 bits per heavy atom. The zero-order valence-electron chi connectivity index (χ0n) is 15.7. The fraction of sp³-hybridized carbons (Fsp3) is 0.500. The lowest BCUT2D eigenvalue weighted by Gasteiger charge is -2.33. The van der Waals surface area contributed by atoms with Gasteiger partial charge in [0.1, 0.15) is 13.2 Å². The van der Waals surface area contributed by atoms with E-state index < -0.39 is 0 Å². The molecule has 1 aromatic carbocycles. The van der Waals surface area contributed by atoms with Crippen molar-refractivity contribution in [3.8, 4) is 11.5 Å². The van der Waals surface area contributed by atoms with Crippen LogP contribution in [0, 0.1) is 0 Å². The average molecular weight is 406 g/mol. The molecule has 4 rings (SSSR count). The van der Waals surface area contributed by atoms with E-state index in [1.807, 2.05) is 6.07 Å². The first-order valence-electron chi connectivity index (χ1n) is 9.66. The van der Waals surface area contributed by atoms with Gasteiger partial charge >= 0.3 is 0 Å². The molecule has 1 saturated carbocycles. The van der Waals surface area contributed by atoms with Crippen molar-refractivity contribution in [3.05, 3.63) is 28.8 Å². The van der Waals surface area contributed by atoms with Gasteiger partial charge in [-0.05, 0) is 36.6 Å². The molecule has 7 nitrogen and oxygen atoms in total. The number of amides is 2. The Hall–Kier alpha value is -2.25.